The number of nitrogens with one attached hydrogen (secondary N) is 3. The van der Waals surface area contributed by atoms with Crippen molar-refractivity contribution in [2.24, 2.45) is 0 Å². The van der Waals surface area contributed by atoms with Crippen LogP contribution in [0.3, 0.4) is 0 Å². The minimum absolute atomic E-state index is 0.0212. The molecule has 1 aliphatic heterocycles. The van der Waals surface area contributed by atoms with E-state index in [1.165, 1.54) is 12.1 Å². The summed E-state index contributed by atoms with van der Waals surface area (Å²) >= 11 is 0. The van der Waals surface area contributed by atoms with E-state index in [1.807, 2.05) is 19.1 Å². The van der Waals surface area contributed by atoms with Crippen molar-refractivity contribution in [3.8, 4) is 0 Å². The average Bonchev–Trinajstić information content (AvgIpc) is 3.00. The molecule has 0 aromatic heterocycles. The molecular formula is C18H19N3O4S. The largest absolute Gasteiger partial charge is 0.326 e. The molecular weight excluding hydrogens is 354 g/mol. The predicted molar refractivity (Wildman–Crippen MR) is 98.4 cm³/mol. The van der Waals surface area contributed by atoms with E-state index in [1.54, 1.807) is 18.2 Å². The fraction of sp³-hybridized carbons (Fsp3) is 0.222. The molecule has 2 amide bonds. The molecule has 136 valence electrons. The van der Waals surface area contributed by atoms with Gasteiger partial charge in [-0.2, -0.15) is 0 Å². The van der Waals surface area contributed by atoms with E-state index >= 15 is 0 Å². The second-order valence-corrected chi connectivity index (χ2v) is 7.73. The molecule has 0 bridgehead atoms. The Morgan fingerprint density at radius 3 is 2.58 bits per heavy atom. The Bertz CT molecular complexity index is 953. The molecule has 2 aromatic rings. The molecule has 3 N–H and O–H groups in total. The molecule has 0 atom stereocenters. The van der Waals surface area contributed by atoms with Crippen LogP contribution in [0.4, 0.5) is 11.4 Å². The molecule has 0 saturated heterocycles. The second-order valence-electron chi connectivity index (χ2n) is 5.97. The second kappa shape index (κ2) is 7.27. The SMILES string of the molecule is CCc1ccc(NC(=O)CNS(=O)(=O)c2ccc3c(c2)CC(=O)N3)cc1. The van der Waals surface area contributed by atoms with Gasteiger partial charge < -0.3 is 10.6 Å². The molecule has 1 heterocycles. The third-order valence-electron chi connectivity index (χ3n) is 4.08. The van der Waals surface area contributed by atoms with Gasteiger partial charge in [0.05, 0.1) is 17.9 Å². The molecule has 0 spiro atoms. The maximum atomic E-state index is 12.4. The number of hydrogen-bond donors (Lipinski definition) is 3. The number of anilines is 2. The van der Waals surface area contributed by atoms with Crippen LogP contribution in [0.1, 0.15) is 18.1 Å². The summed E-state index contributed by atoms with van der Waals surface area (Å²) in [5.41, 5.74) is 2.99. The van der Waals surface area contributed by atoms with Gasteiger partial charge in [0.15, 0.2) is 0 Å². The number of carbonyl (C=O) groups excluding carboxylic acids is 2. The molecule has 7 nitrogen and oxygen atoms in total. The van der Waals surface area contributed by atoms with Gasteiger partial charge in [-0.15, -0.1) is 0 Å². The summed E-state index contributed by atoms with van der Waals surface area (Å²) in [5, 5.41) is 5.29. The highest BCUT2D eigenvalue weighted by molar-refractivity contribution is 7.89. The zero-order chi connectivity index (χ0) is 18.7. The molecule has 0 unspecified atom stereocenters. The number of hydrogen-bond acceptors (Lipinski definition) is 4. The van der Waals surface area contributed by atoms with E-state index in [-0.39, 0.29) is 23.8 Å². The first-order valence-corrected chi connectivity index (χ1v) is 9.67. The van der Waals surface area contributed by atoms with Crippen LogP contribution in [0.2, 0.25) is 0 Å². The van der Waals surface area contributed by atoms with Crippen molar-refractivity contribution in [3.63, 3.8) is 0 Å². The van der Waals surface area contributed by atoms with Gasteiger partial charge >= 0.3 is 0 Å². The predicted octanol–water partition coefficient (Wildman–Crippen LogP) is 1.66. The van der Waals surface area contributed by atoms with Crippen molar-refractivity contribution in [1.29, 1.82) is 0 Å². The smallest absolute Gasteiger partial charge is 0.241 e. The van der Waals surface area contributed by atoms with Crippen molar-refractivity contribution in [3.05, 3.63) is 53.6 Å². The third kappa shape index (κ3) is 4.09. The highest BCUT2D eigenvalue weighted by Gasteiger charge is 2.22. The maximum absolute atomic E-state index is 12.4. The summed E-state index contributed by atoms with van der Waals surface area (Å²) in [5.74, 6) is -0.633. The van der Waals surface area contributed by atoms with E-state index in [4.69, 9.17) is 0 Å². The summed E-state index contributed by atoms with van der Waals surface area (Å²) in [4.78, 5) is 23.4. The lowest BCUT2D eigenvalue weighted by Crippen LogP contribution is -2.32. The zero-order valence-corrected chi connectivity index (χ0v) is 15.0. The summed E-state index contributed by atoms with van der Waals surface area (Å²) in [6, 6.07) is 11.7. The summed E-state index contributed by atoms with van der Waals surface area (Å²) in [7, 11) is -3.85. The number of sulfonamides is 1. The first kappa shape index (κ1) is 18.1. The first-order chi connectivity index (χ1) is 12.4. The van der Waals surface area contributed by atoms with Crippen molar-refractivity contribution in [2.45, 2.75) is 24.7 Å². The molecule has 0 fully saturated rings. The van der Waals surface area contributed by atoms with Gasteiger partial charge in [0.25, 0.3) is 0 Å². The van der Waals surface area contributed by atoms with Crippen LogP contribution in [0, 0.1) is 0 Å². The molecule has 8 heteroatoms. The average molecular weight is 373 g/mol. The van der Waals surface area contributed by atoms with E-state index < -0.39 is 15.9 Å². The summed E-state index contributed by atoms with van der Waals surface area (Å²) < 4.78 is 27.0. The number of fused-ring (bicyclic) bond motifs is 1. The monoisotopic (exact) mass is 373 g/mol. The van der Waals surface area contributed by atoms with Gasteiger partial charge in [0, 0.05) is 11.4 Å². The molecule has 3 rings (SSSR count). The fourth-order valence-corrected chi connectivity index (χ4v) is 3.68. The number of amides is 2. The maximum Gasteiger partial charge on any atom is 0.241 e. The Labute approximate surface area is 151 Å². The topological polar surface area (TPSA) is 104 Å². The Kier molecular flexibility index (Phi) is 5.06. The highest BCUT2D eigenvalue weighted by atomic mass is 32.2. The lowest BCUT2D eigenvalue weighted by atomic mass is 10.1. The van der Waals surface area contributed by atoms with Crippen LogP contribution in [0.25, 0.3) is 0 Å². The lowest BCUT2D eigenvalue weighted by Gasteiger charge is -2.09. The quantitative estimate of drug-likeness (QED) is 0.716. The molecule has 1 aliphatic rings. The van der Waals surface area contributed by atoms with Crippen LogP contribution in [-0.2, 0) is 32.5 Å². The van der Waals surface area contributed by atoms with Crippen molar-refractivity contribution in [2.75, 3.05) is 17.2 Å². The Hall–Kier alpha value is -2.71. The Morgan fingerprint density at radius 1 is 1.15 bits per heavy atom. The molecule has 26 heavy (non-hydrogen) atoms. The van der Waals surface area contributed by atoms with Gasteiger partial charge in [-0.1, -0.05) is 19.1 Å². The standard InChI is InChI=1S/C18H19N3O4S/c1-2-12-3-5-14(6-4-12)20-18(23)11-19-26(24,25)15-7-8-16-13(9-15)10-17(22)21-16/h3-9,19H,2,10-11H2,1H3,(H,20,23)(H,21,22). The van der Waals surface area contributed by atoms with Crippen molar-refractivity contribution < 1.29 is 18.0 Å². The molecule has 0 aliphatic carbocycles. The summed E-state index contributed by atoms with van der Waals surface area (Å²) in [6.45, 7) is 1.65. The van der Waals surface area contributed by atoms with Gasteiger partial charge in [-0.3, -0.25) is 9.59 Å². The van der Waals surface area contributed by atoms with Crippen molar-refractivity contribution >= 4 is 33.2 Å². The minimum Gasteiger partial charge on any atom is -0.326 e. The van der Waals surface area contributed by atoms with Crippen LogP contribution in [0.15, 0.2) is 47.4 Å². The van der Waals surface area contributed by atoms with Crippen LogP contribution < -0.4 is 15.4 Å². The Balaban J connectivity index is 1.62. The summed E-state index contributed by atoms with van der Waals surface area (Å²) in [6.07, 6.45) is 1.04. The normalized spacial score (nSPS) is 13.2. The third-order valence-corrected chi connectivity index (χ3v) is 5.48. The Morgan fingerprint density at radius 2 is 1.88 bits per heavy atom. The van der Waals surface area contributed by atoms with Crippen LogP contribution in [-0.4, -0.2) is 26.8 Å². The van der Waals surface area contributed by atoms with E-state index in [0.717, 1.165) is 12.0 Å². The van der Waals surface area contributed by atoms with Crippen molar-refractivity contribution in [1.82, 2.24) is 4.72 Å². The molecule has 2 aromatic carbocycles. The zero-order valence-electron chi connectivity index (χ0n) is 14.2. The number of benzene rings is 2. The highest BCUT2D eigenvalue weighted by Crippen LogP contribution is 2.25. The van der Waals surface area contributed by atoms with Gasteiger partial charge in [-0.05, 0) is 47.9 Å². The van der Waals surface area contributed by atoms with Crippen LogP contribution in [0.5, 0.6) is 0 Å². The van der Waals surface area contributed by atoms with E-state index in [9.17, 15) is 18.0 Å². The molecule has 0 radical (unpaired) electrons. The van der Waals surface area contributed by atoms with Crippen LogP contribution >= 0.6 is 0 Å². The number of carbonyl (C=O) groups is 2. The lowest BCUT2D eigenvalue weighted by molar-refractivity contribution is -0.115. The minimum atomic E-state index is -3.85. The van der Waals surface area contributed by atoms with E-state index in [0.29, 0.717) is 16.9 Å². The van der Waals surface area contributed by atoms with Gasteiger partial charge in [0.2, 0.25) is 21.8 Å². The number of rotatable bonds is 6. The molecule has 0 saturated carbocycles. The van der Waals surface area contributed by atoms with Gasteiger partial charge in [-0.25, -0.2) is 13.1 Å². The number of aryl methyl sites for hydroxylation is 1. The fourth-order valence-electron chi connectivity index (χ4n) is 2.65. The van der Waals surface area contributed by atoms with Gasteiger partial charge in [0.1, 0.15) is 0 Å². The van der Waals surface area contributed by atoms with E-state index in [2.05, 4.69) is 15.4 Å². The first-order valence-electron chi connectivity index (χ1n) is 8.18.